The minimum Gasteiger partial charge on any atom is -0.365 e. The molecule has 1 aromatic heterocycles. The van der Waals surface area contributed by atoms with E-state index in [0.717, 1.165) is 12.8 Å². The number of aromatic nitrogens is 1. The average Bonchev–Trinajstić information content (AvgIpc) is 2.85. The molecule has 2 heteroatoms. The van der Waals surface area contributed by atoms with Gasteiger partial charge in [0.15, 0.2) is 0 Å². The number of H-pyrrole nitrogens is 1. The molecule has 0 fully saturated rings. The van der Waals surface area contributed by atoms with Crippen LogP contribution in [0.3, 0.4) is 0 Å². The maximum Gasteiger partial charge on any atom is 0.0187 e. The van der Waals surface area contributed by atoms with Crippen LogP contribution in [0.5, 0.6) is 0 Å². The Labute approximate surface area is 102 Å². The highest BCUT2D eigenvalue weighted by molar-refractivity contribution is 5.32. The molecule has 1 heterocycles. The molecule has 0 spiro atoms. The molecule has 0 amide bonds. The second-order valence-electron chi connectivity index (χ2n) is 4.80. The van der Waals surface area contributed by atoms with Crippen molar-refractivity contribution in [3.8, 4) is 0 Å². The van der Waals surface area contributed by atoms with Gasteiger partial charge in [-0.1, -0.05) is 30.3 Å². The summed E-state index contributed by atoms with van der Waals surface area (Å²) in [5.41, 5.74) is 4.31. The van der Waals surface area contributed by atoms with Crippen LogP contribution < -0.4 is 5.32 Å². The fraction of sp³-hybridized carbons (Fsp3) is 0.333. The Kier molecular flexibility index (Phi) is 2.73. The van der Waals surface area contributed by atoms with E-state index in [2.05, 4.69) is 59.9 Å². The molecule has 3 rings (SSSR count). The van der Waals surface area contributed by atoms with Gasteiger partial charge in [-0.3, -0.25) is 0 Å². The third-order valence-corrected chi connectivity index (χ3v) is 3.88. The lowest BCUT2D eigenvalue weighted by Gasteiger charge is -2.31. The number of rotatable bonds is 2. The topological polar surface area (TPSA) is 27.8 Å². The van der Waals surface area contributed by atoms with Gasteiger partial charge >= 0.3 is 0 Å². The lowest BCUT2D eigenvalue weighted by molar-refractivity contribution is 0.431. The van der Waals surface area contributed by atoms with E-state index in [4.69, 9.17) is 0 Å². The van der Waals surface area contributed by atoms with E-state index in [1.165, 1.54) is 16.8 Å². The van der Waals surface area contributed by atoms with Gasteiger partial charge in [0.25, 0.3) is 0 Å². The average molecular weight is 226 g/mol. The maximum atomic E-state index is 3.47. The molecule has 1 aliphatic rings. The zero-order valence-electron chi connectivity index (χ0n) is 10.1. The summed E-state index contributed by atoms with van der Waals surface area (Å²) in [6, 6.07) is 13.6. The Bertz CT molecular complexity index is 487. The Morgan fingerprint density at radius 1 is 1.12 bits per heavy atom. The first-order valence-electron chi connectivity index (χ1n) is 6.26. The van der Waals surface area contributed by atoms with Crippen LogP contribution >= 0.6 is 0 Å². The highest BCUT2D eigenvalue weighted by Crippen LogP contribution is 2.32. The lowest BCUT2D eigenvalue weighted by Crippen LogP contribution is -2.38. The van der Waals surface area contributed by atoms with Crippen molar-refractivity contribution in [2.75, 3.05) is 7.05 Å². The molecule has 0 aliphatic heterocycles. The van der Waals surface area contributed by atoms with Crippen molar-refractivity contribution >= 4 is 0 Å². The first kappa shape index (κ1) is 10.6. The van der Waals surface area contributed by atoms with Crippen LogP contribution in [-0.4, -0.2) is 18.1 Å². The van der Waals surface area contributed by atoms with Crippen molar-refractivity contribution in [3.05, 3.63) is 59.4 Å². The third kappa shape index (κ3) is 1.89. The fourth-order valence-corrected chi connectivity index (χ4v) is 2.91. The largest absolute Gasteiger partial charge is 0.365 e. The van der Waals surface area contributed by atoms with E-state index in [0.29, 0.717) is 12.0 Å². The van der Waals surface area contributed by atoms with Gasteiger partial charge in [0.05, 0.1) is 0 Å². The molecule has 0 saturated carbocycles. The van der Waals surface area contributed by atoms with Gasteiger partial charge in [0.1, 0.15) is 0 Å². The van der Waals surface area contributed by atoms with Crippen LogP contribution in [0.1, 0.15) is 22.7 Å². The van der Waals surface area contributed by atoms with Crippen molar-refractivity contribution in [1.82, 2.24) is 10.3 Å². The summed E-state index contributed by atoms with van der Waals surface area (Å²) in [7, 11) is 2.07. The number of aromatic amines is 1. The van der Waals surface area contributed by atoms with Crippen molar-refractivity contribution in [2.24, 2.45) is 0 Å². The second kappa shape index (κ2) is 4.38. The van der Waals surface area contributed by atoms with E-state index in [-0.39, 0.29) is 0 Å². The van der Waals surface area contributed by atoms with E-state index in [9.17, 15) is 0 Å². The van der Waals surface area contributed by atoms with Crippen LogP contribution in [0.4, 0.5) is 0 Å². The van der Waals surface area contributed by atoms with Gasteiger partial charge in [0, 0.05) is 23.9 Å². The van der Waals surface area contributed by atoms with Crippen LogP contribution in [0.25, 0.3) is 0 Å². The van der Waals surface area contributed by atoms with Crippen LogP contribution in [0.2, 0.25) is 0 Å². The molecule has 88 valence electrons. The molecule has 1 aromatic carbocycles. The number of likely N-dealkylation sites (N-methyl/N-ethyl adjacent to an activating group) is 1. The van der Waals surface area contributed by atoms with Gasteiger partial charge in [-0.2, -0.15) is 0 Å². The Morgan fingerprint density at radius 3 is 2.71 bits per heavy atom. The minimum absolute atomic E-state index is 0.542. The van der Waals surface area contributed by atoms with E-state index >= 15 is 0 Å². The number of hydrogen-bond donors (Lipinski definition) is 2. The van der Waals surface area contributed by atoms with E-state index in [1.807, 2.05) is 0 Å². The molecule has 17 heavy (non-hydrogen) atoms. The Hall–Kier alpha value is -1.54. The highest BCUT2D eigenvalue weighted by Gasteiger charge is 2.28. The summed E-state index contributed by atoms with van der Waals surface area (Å²) in [4.78, 5) is 3.37. The lowest BCUT2D eigenvalue weighted by atomic mass is 9.79. The monoisotopic (exact) mass is 226 g/mol. The molecule has 0 saturated heterocycles. The van der Waals surface area contributed by atoms with Crippen molar-refractivity contribution in [3.63, 3.8) is 0 Å². The Balaban J connectivity index is 1.95. The van der Waals surface area contributed by atoms with Crippen LogP contribution in [-0.2, 0) is 12.8 Å². The minimum atomic E-state index is 0.542. The molecule has 2 nitrogen and oxygen atoms in total. The summed E-state index contributed by atoms with van der Waals surface area (Å²) in [5, 5.41) is 3.47. The van der Waals surface area contributed by atoms with Crippen LogP contribution in [0.15, 0.2) is 42.6 Å². The summed E-state index contributed by atoms with van der Waals surface area (Å²) in [5.74, 6) is 0.576. The summed E-state index contributed by atoms with van der Waals surface area (Å²) in [6.07, 6.45) is 4.29. The van der Waals surface area contributed by atoms with Gasteiger partial charge in [0.2, 0.25) is 0 Å². The summed E-state index contributed by atoms with van der Waals surface area (Å²) >= 11 is 0. The van der Waals surface area contributed by atoms with Crippen molar-refractivity contribution in [2.45, 2.75) is 24.8 Å². The van der Waals surface area contributed by atoms with Crippen molar-refractivity contribution < 1.29 is 0 Å². The number of hydrogen-bond acceptors (Lipinski definition) is 1. The number of benzene rings is 1. The predicted octanol–water partition coefficient (Wildman–Crippen LogP) is 2.49. The smallest absolute Gasteiger partial charge is 0.0187 e. The second-order valence-corrected chi connectivity index (χ2v) is 4.80. The summed E-state index contributed by atoms with van der Waals surface area (Å²) < 4.78 is 0. The standard InChI is InChI=1S/C15H18N2/c1-16-15-9-12-7-8-17-14(12)10-13(15)11-5-3-2-4-6-11/h2-8,13,15-17H,9-10H2,1H3. The quantitative estimate of drug-likeness (QED) is 0.809. The molecule has 0 bridgehead atoms. The third-order valence-electron chi connectivity index (χ3n) is 3.88. The van der Waals surface area contributed by atoms with E-state index in [1.54, 1.807) is 0 Å². The first-order chi connectivity index (χ1) is 8.38. The molecule has 2 aromatic rings. The molecular formula is C15H18N2. The molecule has 2 N–H and O–H groups in total. The molecule has 1 aliphatic carbocycles. The number of fused-ring (bicyclic) bond motifs is 1. The maximum absolute atomic E-state index is 3.47. The van der Waals surface area contributed by atoms with E-state index < -0.39 is 0 Å². The zero-order chi connectivity index (χ0) is 11.7. The first-order valence-corrected chi connectivity index (χ1v) is 6.26. The molecular weight excluding hydrogens is 208 g/mol. The molecule has 2 unspecified atom stereocenters. The highest BCUT2D eigenvalue weighted by atomic mass is 14.9. The van der Waals surface area contributed by atoms with Gasteiger partial charge in [-0.25, -0.2) is 0 Å². The Morgan fingerprint density at radius 2 is 1.94 bits per heavy atom. The molecule has 2 atom stereocenters. The van der Waals surface area contributed by atoms with Gasteiger partial charge < -0.3 is 10.3 Å². The van der Waals surface area contributed by atoms with Gasteiger partial charge in [-0.15, -0.1) is 0 Å². The number of nitrogens with one attached hydrogen (secondary N) is 2. The predicted molar refractivity (Wildman–Crippen MR) is 70.2 cm³/mol. The SMILES string of the molecule is CNC1Cc2cc[nH]c2CC1c1ccccc1. The summed E-state index contributed by atoms with van der Waals surface area (Å²) in [6.45, 7) is 0. The molecule has 0 radical (unpaired) electrons. The van der Waals surface area contributed by atoms with Crippen LogP contribution in [0, 0.1) is 0 Å². The van der Waals surface area contributed by atoms with Gasteiger partial charge in [-0.05, 0) is 37.1 Å². The van der Waals surface area contributed by atoms with Crippen molar-refractivity contribution in [1.29, 1.82) is 0 Å². The fourth-order valence-electron chi connectivity index (χ4n) is 2.91. The normalized spacial score (nSPS) is 23.4. The zero-order valence-corrected chi connectivity index (χ0v) is 10.1.